The number of aliphatic imine (C=N–C) groups is 1. The van der Waals surface area contributed by atoms with E-state index in [1.165, 1.54) is 5.56 Å². The molecule has 0 radical (unpaired) electrons. The van der Waals surface area contributed by atoms with Gasteiger partial charge >= 0.3 is 0 Å². The molecule has 0 saturated carbocycles. The first-order valence-electron chi connectivity index (χ1n) is 14.7. The Kier molecular flexibility index (Phi) is 26.5. The molecular formula is C31H53N9O5. The van der Waals surface area contributed by atoms with Crippen molar-refractivity contribution in [1.82, 2.24) is 16.0 Å². The lowest BCUT2D eigenvalue weighted by Crippen LogP contribution is -2.51. The van der Waals surface area contributed by atoms with Gasteiger partial charge in [0.15, 0.2) is 5.96 Å². The number of nitrogens with one attached hydrogen (secondary N) is 3. The minimum Gasteiger partial charge on any atom is -0.508 e. The standard InChI is InChI=1S/C17H28N4O3.C7H8.C4H11N3.C3H6N2O2/c1-12(4-2-3-9-18)20-17(24)15(21-16(23)11-19)10-13-5-7-14(22)8-6-13;1-7-5-3-2-4-6-7;1-2-3-7-4(5)6;4-3(7)1-5-2-6/h5-8,12,15,22H,2-4,9-11,18-19H2,1H3,(H,20,24)(H,21,23);2-6H,1H3;2-3H2,1H3,(H4,5,6,7);2H,1H2,(H2,4,7)(H,5,6)/t12?,15-;;;/m0.../s1. The summed E-state index contributed by atoms with van der Waals surface area (Å²) in [6.07, 6.45) is 4.44. The Morgan fingerprint density at radius 3 is 1.98 bits per heavy atom. The van der Waals surface area contributed by atoms with Crippen LogP contribution >= 0.6 is 0 Å². The van der Waals surface area contributed by atoms with Crippen LogP contribution in [0, 0.1) is 6.92 Å². The summed E-state index contributed by atoms with van der Waals surface area (Å²) in [5.41, 5.74) is 27.6. The van der Waals surface area contributed by atoms with Gasteiger partial charge in [-0.05, 0) is 57.4 Å². The van der Waals surface area contributed by atoms with Crippen molar-refractivity contribution < 1.29 is 24.3 Å². The molecule has 0 aromatic heterocycles. The predicted octanol–water partition coefficient (Wildman–Crippen LogP) is -0.106. The number of rotatable bonds is 15. The van der Waals surface area contributed by atoms with E-state index < -0.39 is 11.9 Å². The fraction of sp³-hybridized carbons (Fsp3) is 0.452. The number of nitrogens with two attached hydrogens (primary N) is 5. The van der Waals surface area contributed by atoms with E-state index in [-0.39, 0.29) is 42.7 Å². The van der Waals surface area contributed by atoms with Crippen molar-refractivity contribution >= 4 is 30.1 Å². The molecule has 0 aliphatic heterocycles. The van der Waals surface area contributed by atoms with Gasteiger partial charge in [0.25, 0.3) is 0 Å². The molecule has 14 heteroatoms. The molecule has 0 fully saturated rings. The molecule has 14 N–H and O–H groups in total. The average molecular weight is 632 g/mol. The van der Waals surface area contributed by atoms with Crippen LogP contribution in [0.25, 0.3) is 0 Å². The highest BCUT2D eigenvalue weighted by atomic mass is 16.3. The van der Waals surface area contributed by atoms with Gasteiger partial charge in [0.2, 0.25) is 24.1 Å². The fourth-order valence-corrected chi connectivity index (χ4v) is 3.26. The van der Waals surface area contributed by atoms with Crippen LogP contribution in [0.5, 0.6) is 5.75 Å². The molecule has 0 aliphatic rings. The van der Waals surface area contributed by atoms with Crippen LogP contribution < -0.4 is 44.6 Å². The monoisotopic (exact) mass is 631 g/mol. The van der Waals surface area contributed by atoms with E-state index in [0.29, 0.717) is 19.4 Å². The molecule has 2 rings (SSSR count). The second kappa shape index (κ2) is 28.1. The average Bonchev–Trinajstić information content (AvgIpc) is 3.01. The van der Waals surface area contributed by atoms with Gasteiger partial charge in [0.05, 0.1) is 13.1 Å². The van der Waals surface area contributed by atoms with E-state index in [4.69, 9.17) is 22.9 Å². The molecule has 45 heavy (non-hydrogen) atoms. The number of carbonyl (C=O) groups is 4. The van der Waals surface area contributed by atoms with Gasteiger partial charge in [0, 0.05) is 19.0 Å². The molecule has 2 aromatic carbocycles. The summed E-state index contributed by atoms with van der Waals surface area (Å²) in [6.45, 7) is 7.15. The van der Waals surface area contributed by atoms with Crippen LogP contribution in [0.3, 0.4) is 0 Å². The highest BCUT2D eigenvalue weighted by Gasteiger charge is 2.22. The molecule has 14 nitrogen and oxygen atoms in total. The molecular weight excluding hydrogens is 578 g/mol. The summed E-state index contributed by atoms with van der Waals surface area (Å²) >= 11 is 0. The molecule has 0 aliphatic carbocycles. The Labute approximate surface area is 266 Å². The van der Waals surface area contributed by atoms with Crippen LogP contribution in [0.4, 0.5) is 0 Å². The van der Waals surface area contributed by atoms with Gasteiger partial charge in [-0.1, -0.05) is 61.4 Å². The summed E-state index contributed by atoms with van der Waals surface area (Å²) in [5, 5.41) is 17.0. The Morgan fingerprint density at radius 2 is 1.58 bits per heavy atom. The summed E-state index contributed by atoms with van der Waals surface area (Å²) in [6, 6.07) is 16.1. The van der Waals surface area contributed by atoms with Crippen molar-refractivity contribution in [3.05, 3.63) is 65.7 Å². The second-order valence-corrected chi connectivity index (χ2v) is 9.82. The lowest BCUT2D eigenvalue weighted by Gasteiger charge is -2.21. The molecule has 4 amide bonds. The van der Waals surface area contributed by atoms with E-state index in [2.05, 4.69) is 45.7 Å². The first-order chi connectivity index (χ1) is 21.4. The summed E-state index contributed by atoms with van der Waals surface area (Å²) < 4.78 is 0. The zero-order valence-electron chi connectivity index (χ0n) is 26.7. The number of benzene rings is 2. The number of carbonyl (C=O) groups excluding carboxylic acids is 4. The number of hydrogen-bond acceptors (Lipinski definition) is 8. The van der Waals surface area contributed by atoms with Crippen LogP contribution in [0.1, 0.15) is 50.7 Å². The Bertz CT molecular complexity index is 1100. The smallest absolute Gasteiger partial charge is 0.243 e. The van der Waals surface area contributed by atoms with Gasteiger partial charge in [0.1, 0.15) is 11.8 Å². The number of phenols is 1. The third-order valence-corrected chi connectivity index (χ3v) is 5.51. The van der Waals surface area contributed by atoms with Gasteiger partial charge in [-0.2, -0.15) is 0 Å². The van der Waals surface area contributed by atoms with Crippen LogP contribution in [0.15, 0.2) is 59.6 Å². The van der Waals surface area contributed by atoms with E-state index in [0.717, 1.165) is 37.8 Å². The van der Waals surface area contributed by atoms with Crippen molar-refractivity contribution in [2.24, 2.45) is 33.7 Å². The molecule has 0 bridgehead atoms. The normalized spacial score (nSPS) is 10.8. The highest BCUT2D eigenvalue weighted by Crippen LogP contribution is 2.12. The maximum absolute atomic E-state index is 12.5. The number of aryl methyl sites for hydroxylation is 1. The van der Waals surface area contributed by atoms with Crippen LogP contribution in [0.2, 0.25) is 0 Å². The van der Waals surface area contributed by atoms with E-state index in [1.54, 1.807) is 24.3 Å². The maximum Gasteiger partial charge on any atom is 0.243 e. The molecule has 0 heterocycles. The highest BCUT2D eigenvalue weighted by molar-refractivity contribution is 5.88. The minimum absolute atomic E-state index is 0.00106. The van der Waals surface area contributed by atoms with Crippen molar-refractivity contribution in [3.63, 3.8) is 0 Å². The summed E-state index contributed by atoms with van der Waals surface area (Å²) in [5.74, 6) is -0.831. The number of phenolic OH excluding ortho intramolecular Hbond substituents is 1. The number of primary amides is 1. The predicted molar refractivity (Wildman–Crippen MR) is 179 cm³/mol. The number of unbranched alkanes of at least 4 members (excludes halogenated alkanes) is 1. The number of amides is 4. The number of guanidine groups is 1. The van der Waals surface area contributed by atoms with E-state index in [1.807, 2.05) is 32.0 Å². The van der Waals surface area contributed by atoms with E-state index >= 15 is 0 Å². The first-order valence-corrected chi connectivity index (χ1v) is 14.7. The summed E-state index contributed by atoms with van der Waals surface area (Å²) in [7, 11) is 0. The van der Waals surface area contributed by atoms with Gasteiger partial charge < -0.3 is 49.7 Å². The van der Waals surface area contributed by atoms with Crippen molar-refractivity contribution in [2.45, 2.75) is 65.0 Å². The van der Waals surface area contributed by atoms with Crippen LogP contribution in [-0.4, -0.2) is 73.5 Å². The van der Waals surface area contributed by atoms with Crippen molar-refractivity contribution in [2.75, 3.05) is 26.2 Å². The SMILES string of the molecule is CC(CCCCN)NC(=O)[C@H](Cc1ccc(O)cc1)NC(=O)CN.CCCN=C(N)N.Cc1ccccc1.NC(=O)CNC=O. The van der Waals surface area contributed by atoms with Gasteiger partial charge in [-0.3, -0.25) is 24.2 Å². The zero-order valence-corrected chi connectivity index (χ0v) is 26.7. The molecule has 0 spiro atoms. The number of hydrogen-bond donors (Lipinski definition) is 9. The Hall–Kier alpha value is -4.69. The first kappa shape index (κ1) is 42.4. The fourth-order valence-electron chi connectivity index (χ4n) is 3.26. The minimum atomic E-state index is -0.706. The lowest BCUT2D eigenvalue weighted by molar-refractivity contribution is -0.128. The number of aromatic hydroxyl groups is 1. The zero-order chi connectivity index (χ0) is 34.5. The topological polar surface area (TPSA) is 267 Å². The Balaban J connectivity index is 0. The van der Waals surface area contributed by atoms with Gasteiger partial charge in [-0.25, -0.2) is 0 Å². The van der Waals surface area contributed by atoms with Gasteiger partial charge in [-0.15, -0.1) is 0 Å². The third-order valence-electron chi connectivity index (χ3n) is 5.51. The molecule has 1 unspecified atom stereocenters. The van der Waals surface area contributed by atoms with Crippen molar-refractivity contribution in [3.8, 4) is 5.75 Å². The third kappa shape index (κ3) is 27.9. The summed E-state index contributed by atoms with van der Waals surface area (Å²) in [4.78, 5) is 46.9. The largest absolute Gasteiger partial charge is 0.508 e. The number of nitrogens with zero attached hydrogens (tertiary/aromatic N) is 1. The molecule has 252 valence electrons. The maximum atomic E-state index is 12.5. The quantitative estimate of drug-likeness (QED) is 0.0548. The Morgan fingerprint density at radius 1 is 0.956 bits per heavy atom. The lowest BCUT2D eigenvalue weighted by atomic mass is 10.0. The van der Waals surface area contributed by atoms with Crippen LogP contribution in [-0.2, 0) is 25.6 Å². The molecule has 2 atom stereocenters. The molecule has 2 aromatic rings. The molecule has 0 saturated heterocycles. The second-order valence-electron chi connectivity index (χ2n) is 9.82. The van der Waals surface area contributed by atoms with E-state index in [9.17, 15) is 24.3 Å². The van der Waals surface area contributed by atoms with Crippen molar-refractivity contribution in [1.29, 1.82) is 0 Å².